The van der Waals surface area contributed by atoms with Crippen molar-refractivity contribution >= 4 is 18.5 Å². The van der Waals surface area contributed by atoms with Gasteiger partial charge in [0.15, 0.2) is 5.69 Å². The summed E-state index contributed by atoms with van der Waals surface area (Å²) in [7, 11) is 0. The van der Waals surface area contributed by atoms with Crippen molar-refractivity contribution in [3.8, 4) is 0 Å². The lowest BCUT2D eigenvalue weighted by Crippen LogP contribution is -2.74. The molecule has 2 atom stereocenters. The van der Waals surface area contributed by atoms with Crippen molar-refractivity contribution in [2.75, 3.05) is 0 Å². The van der Waals surface area contributed by atoms with E-state index in [0.717, 1.165) is 41.6 Å². The minimum Gasteiger partial charge on any atom is -0.360 e. The van der Waals surface area contributed by atoms with Gasteiger partial charge in [0, 0.05) is 41.1 Å². The number of piperidine rings is 2. The number of amides is 1. The van der Waals surface area contributed by atoms with Gasteiger partial charge in [-0.25, -0.2) is 0 Å². The Morgan fingerprint density at radius 2 is 1.89 bits per heavy atom. The molecule has 1 saturated carbocycles. The Morgan fingerprint density at radius 1 is 1.22 bits per heavy atom. The molecule has 2 unspecified atom stereocenters. The molecule has 1 aliphatic carbocycles. The van der Waals surface area contributed by atoms with Gasteiger partial charge in [-0.1, -0.05) is 30.5 Å². The van der Waals surface area contributed by atoms with Crippen molar-refractivity contribution in [3.63, 3.8) is 0 Å². The summed E-state index contributed by atoms with van der Waals surface area (Å²) in [5, 5.41) is 7.08. The zero-order chi connectivity index (χ0) is 19.0. The number of allylic oxidation sites excluding steroid dienone is 3. The number of hydrogen-bond acceptors (Lipinski definition) is 5. The van der Waals surface area contributed by atoms with Gasteiger partial charge in [-0.2, -0.15) is 0 Å². The lowest BCUT2D eigenvalue weighted by atomic mass is 9.68. The highest BCUT2D eigenvalue weighted by molar-refractivity contribution is 7.84. The first-order valence-corrected chi connectivity index (χ1v) is 10.2. The van der Waals surface area contributed by atoms with E-state index >= 15 is 0 Å². The Balaban J connectivity index is 0.000000224. The van der Waals surface area contributed by atoms with Crippen molar-refractivity contribution in [2.24, 2.45) is 0 Å². The lowest BCUT2D eigenvalue weighted by molar-refractivity contribution is -0.150. The topological polar surface area (TPSA) is 58.4 Å². The second kappa shape index (κ2) is 7.68. The van der Waals surface area contributed by atoms with Crippen LogP contribution >= 0.6 is 12.6 Å². The Kier molecular flexibility index (Phi) is 5.28. The molecule has 0 bridgehead atoms. The molecule has 6 heteroatoms. The molecule has 144 valence electrons. The monoisotopic (exact) mass is 385 g/mol. The van der Waals surface area contributed by atoms with E-state index in [1.54, 1.807) is 18.2 Å². The average molecular weight is 386 g/mol. The fourth-order valence-corrected chi connectivity index (χ4v) is 4.65. The third kappa shape index (κ3) is 3.92. The molecule has 0 spiro atoms. The standard InChI is InChI=1S/C15H19N3O2.C6H8S/c19-15(13-7-14(20-17-13)8-1-2-8)16-9-3-10-5-12-6-11(4-9)18(10)12;1-3-5-6(7)4-2/h7-12H,1-6H2,(H,16,19);3-5,7H,1-2H2/b;6-5+. The van der Waals surface area contributed by atoms with Crippen molar-refractivity contribution in [2.45, 2.75) is 68.6 Å². The molecule has 4 aliphatic rings. The van der Waals surface area contributed by atoms with Crippen molar-refractivity contribution in [1.29, 1.82) is 0 Å². The number of aromatic nitrogens is 1. The number of thiol groups is 1. The predicted octanol–water partition coefficient (Wildman–Crippen LogP) is 3.83. The SMILES string of the molecule is C=C/C=C(/S)C=C.O=C(NC1CC2CC3CC(C1)N23)c1cc(C2CC2)on1. The molecule has 1 N–H and O–H groups in total. The number of hydrogen-bond donors (Lipinski definition) is 2. The van der Waals surface area contributed by atoms with Gasteiger partial charge in [0.2, 0.25) is 0 Å². The third-order valence-electron chi connectivity index (χ3n) is 6.04. The first kappa shape index (κ1) is 18.6. The molecular weight excluding hydrogens is 358 g/mol. The predicted molar refractivity (Wildman–Crippen MR) is 109 cm³/mol. The quantitative estimate of drug-likeness (QED) is 0.597. The van der Waals surface area contributed by atoms with Gasteiger partial charge in [0.1, 0.15) is 5.76 Å². The minimum absolute atomic E-state index is 0.0608. The Labute approximate surface area is 166 Å². The molecule has 27 heavy (non-hydrogen) atoms. The van der Waals surface area contributed by atoms with Gasteiger partial charge in [-0.3, -0.25) is 9.69 Å². The van der Waals surface area contributed by atoms with Crippen LogP contribution in [0.15, 0.2) is 46.9 Å². The van der Waals surface area contributed by atoms with Gasteiger partial charge in [-0.15, -0.1) is 12.6 Å². The average Bonchev–Trinajstić information content (AvgIpc) is 3.35. The molecule has 4 heterocycles. The molecule has 4 fully saturated rings. The minimum atomic E-state index is -0.0608. The fourth-order valence-electron chi connectivity index (χ4n) is 4.54. The van der Waals surface area contributed by atoms with E-state index < -0.39 is 0 Å². The third-order valence-corrected chi connectivity index (χ3v) is 6.37. The van der Waals surface area contributed by atoms with E-state index in [9.17, 15) is 4.79 Å². The molecule has 5 rings (SSSR count). The van der Waals surface area contributed by atoms with E-state index in [2.05, 4.69) is 41.2 Å². The maximum atomic E-state index is 12.2. The van der Waals surface area contributed by atoms with Gasteiger partial charge in [0.25, 0.3) is 5.91 Å². The van der Waals surface area contributed by atoms with Crippen LogP contribution in [0.1, 0.15) is 60.7 Å². The van der Waals surface area contributed by atoms with Gasteiger partial charge in [0.05, 0.1) is 0 Å². The van der Waals surface area contributed by atoms with Gasteiger partial charge in [-0.05, 0) is 44.6 Å². The highest BCUT2D eigenvalue weighted by Crippen LogP contribution is 2.48. The van der Waals surface area contributed by atoms with E-state index in [4.69, 9.17) is 4.52 Å². The number of rotatable bonds is 5. The summed E-state index contributed by atoms with van der Waals surface area (Å²) < 4.78 is 5.26. The molecular formula is C21H27N3O2S. The van der Waals surface area contributed by atoms with Crippen LogP contribution in [0.2, 0.25) is 0 Å². The van der Waals surface area contributed by atoms with Crippen LogP contribution in [0.25, 0.3) is 0 Å². The molecule has 5 nitrogen and oxygen atoms in total. The molecule has 3 saturated heterocycles. The van der Waals surface area contributed by atoms with Gasteiger partial charge >= 0.3 is 0 Å². The first-order chi connectivity index (χ1) is 13.1. The van der Waals surface area contributed by atoms with Crippen molar-refractivity contribution < 1.29 is 9.32 Å². The zero-order valence-corrected chi connectivity index (χ0v) is 16.4. The van der Waals surface area contributed by atoms with Crippen LogP contribution in [0.3, 0.4) is 0 Å². The highest BCUT2D eigenvalue weighted by atomic mass is 32.1. The Morgan fingerprint density at radius 3 is 2.41 bits per heavy atom. The molecule has 0 aromatic carbocycles. The zero-order valence-electron chi connectivity index (χ0n) is 15.5. The van der Waals surface area contributed by atoms with Crippen LogP contribution in [-0.4, -0.2) is 40.1 Å². The molecule has 1 aromatic heterocycles. The van der Waals surface area contributed by atoms with E-state index in [0.29, 0.717) is 17.7 Å². The second-order valence-corrected chi connectivity index (χ2v) is 8.46. The smallest absolute Gasteiger partial charge is 0.273 e. The fraction of sp³-hybridized carbons (Fsp3) is 0.524. The van der Waals surface area contributed by atoms with Crippen molar-refractivity contribution in [3.05, 3.63) is 53.8 Å². The summed E-state index contributed by atoms with van der Waals surface area (Å²) in [6.07, 6.45) is 12.3. The van der Waals surface area contributed by atoms with Crippen LogP contribution < -0.4 is 5.32 Å². The van der Waals surface area contributed by atoms with E-state index in [1.165, 1.54) is 25.7 Å². The van der Waals surface area contributed by atoms with Crippen LogP contribution in [0.5, 0.6) is 0 Å². The summed E-state index contributed by atoms with van der Waals surface area (Å²) in [5.74, 6) is 1.33. The van der Waals surface area contributed by atoms with E-state index in [1.807, 2.05) is 6.07 Å². The Hall–Kier alpha value is -1.79. The largest absolute Gasteiger partial charge is 0.360 e. The molecule has 3 aliphatic heterocycles. The first-order valence-electron chi connectivity index (χ1n) is 9.78. The van der Waals surface area contributed by atoms with Crippen LogP contribution in [0, 0.1) is 0 Å². The van der Waals surface area contributed by atoms with Crippen LogP contribution in [-0.2, 0) is 0 Å². The summed E-state index contributed by atoms with van der Waals surface area (Å²) in [6.45, 7) is 6.96. The number of carbonyl (C=O) groups excluding carboxylic acids is 1. The van der Waals surface area contributed by atoms with E-state index in [-0.39, 0.29) is 5.91 Å². The summed E-state index contributed by atoms with van der Waals surface area (Å²) in [5.41, 5.74) is 0.453. The normalized spacial score (nSPS) is 31.4. The highest BCUT2D eigenvalue weighted by Gasteiger charge is 2.55. The van der Waals surface area contributed by atoms with Crippen LogP contribution in [0.4, 0.5) is 0 Å². The van der Waals surface area contributed by atoms with Crippen molar-refractivity contribution in [1.82, 2.24) is 15.4 Å². The molecule has 1 amide bonds. The number of nitrogens with one attached hydrogen (secondary N) is 1. The summed E-state index contributed by atoms with van der Waals surface area (Å²) in [6, 6.07) is 4.45. The number of carbonyl (C=O) groups is 1. The lowest BCUT2D eigenvalue weighted by Gasteiger charge is -2.66. The number of nitrogens with zero attached hydrogens (tertiary/aromatic N) is 2. The maximum absolute atomic E-state index is 12.2. The second-order valence-electron chi connectivity index (χ2n) is 7.94. The molecule has 1 aromatic rings. The maximum Gasteiger partial charge on any atom is 0.273 e. The van der Waals surface area contributed by atoms with Gasteiger partial charge < -0.3 is 9.84 Å². The summed E-state index contributed by atoms with van der Waals surface area (Å²) in [4.78, 5) is 15.7. The Bertz CT molecular complexity index is 751. The molecule has 0 radical (unpaired) electrons. The summed E-state index contributed by atoms with van der Waals surface area (Å²) >= 11 is 3.98.